The maximum atomic E-state index is 4.38. The SMILES string of the molecule is Cc1nccnc1C(C)N(C)C(C)C. The molecule has 1 aromatic heterocycles. The van der Waals surface area contributed by atoms with Gasteiger partial charge in [0.05, 0.1) is 17.4 Å². The van der Waals surface area contributed by atoms with Gasteiger partial charge in [-0.25, -0.2) is 0 Å². The van der Waals surface area contributed by atoms with Crippen molar-refractivity contribution in [3.05, 3.63) is 23.8 Å². The molecule has 1 unspecified atom stereocenters. The van der Waals surface area contributed by atoms with Crippen LogP contribution in [0.2, 0.25) is 0 Å². The lowest BCUT2D eigenvalue weighted by Gasteiger charge is -2.28. The van der Waals surface area contributed by atoms with Gasteiger partial charge in [-0.05, 0) is 34.7 Å². The topological polar surface area (TPSA) is 29.0 Å². The third-order valence-corrected chi connectivity index (χ3v) is 2.74. The predicted octanol–water partition coefficient (Wildman–Crippen LogP) is 2.19. The second-order valence-electron chi connectivity index (χ2n) is 3.96. The summed E-state index contributed by atoms with van der Waals surface area (Å²) in [5.74, 6) is 0. The van der Waals surface area contributed by atoms with Gasteiger partial charge in [-0.15, -0.1) is 0 Å². The highest BCUT2D eigenvalue weighted by Crippen LogP contribution is 2.19. The van der Waals surface area contributed by atoms with E-state index in [0.717, 1.165) is 11.4 Å². The zero-order valence-electron chi connectivity index (χ0n) is 9.65. The molecule has 14 heavy (non-hydrogen) atoms. The standard InChI is InChI=1S/C11H19N3/c1-8(2)14(5)10(4)11-9(3)12-6-7-13-11/h6-8,10H,1-5H3. The minimum atomic E-state index is 0.323. The van der Waals surface area contributed by atoms with E-state index in [1.807, 2.05) is 6.92 Å². The fraction of sp³-hybridized carbons (Fsp3) is 0.636. The summed E-state index contributed by atoms with van der Waals surface area (Å²) in [4.78, 5) is 10.9. The molecule has 3 heteroatoms. The molecule has 0 fully saturated rings. The molecule has 0 saturated carbocycles. The molecule has 1 aromatic rings. The van der Waals surface area contributed by atoms with Crippen molar-refractivity contribution in [2.45, 2.75) is 39.8 Å². The summed E-state index contributed by atoms with van der Waals surface area (Å²) in [6.45, 7) is 8.54. The van der Waals surface area contributed by atoms with Crippen LogP contribution >= 0.6 is 0 Å². The molecule has 0 aliphatic carbocycles. The molecule has 0 aliphatic rings. The molecular formula is C11H19N3. The normalized spacial score (nSPS) is 13.6. The summed E-state index contributed by atoms with van der Waals surface area (Å²) in [6, 6.07) is 0.843. The maximum absolute atomic E-state index is 4.38. The van der Waals surface area contributed by atoms with E-state index in [2.05, 4.69) is 42.7 Å². The molecule has 0 spiro atoms. The monoisotopic (exact) mass is 193 g/mol. The van der Waals surface area contributed by atoms with Crippen molar-refractivity contribution >= 4 is 0 Å². The third-order valence-electron chi connectivity index (χ3n) is 2.74. The van der Waals surface area contributed by atoms with Crippen molar-refractivity contribution in [3.63, 3.8) is 0 Å². The van der Waals surface area contributed by atoms with Crippen LogP contribution in [0.1, 0.15) is 38.2 Å². The molecule has 0 bridgehead atoms. The number of hydrogen-bond acceptors (Lipinski definition) is 3. The molecule has 0 amide bonds. The number of rotatable bonds is 3. The van der Waals surface area contributed by atoms with Crippen molar-refractivity contribution < 1.29 is 0 Å². The largest absolute Gasteiger partial charge is 0.296 e. The van der Waals surface area contributed by atoms with E-state index in [1.165, 1.54) is 0 Å². The van der Waals surface area contributed by atoms with Crippen molar-refractivity contribution in [2.75, 3.05) is 7.05 Å². The lowest BCUT2D eigenvalue weighted by Crippen LogP contribution is -2.30. The Kier molecular flexibility index (Phi) is 3.58. The van der Waals surface area contributed by atoms with E-state index < -0.39 is 0 Å². The highest BCUT2D eigenvalue weighted by molar-refractivity contribution is 5.12. The number of aromatic nitrogens is 2. The average molecular weight is 193 g/mol. The molecule has 0 saturated heterocycles. The van der Waals surface area contributed by atoms with Crippen LogP contribution in [0.5, 0.6) is 0 Å². The molecule has 1 rings (SSSR count). The summed E-state index contributed by atoms with van der Waals surface area (Å²) in [5, 5.41) is 0. The number of hydrogen-bond donors (Lipinski definition) is 0. The Hall–Kier alpha value is -0.960. The van der Waals surface area contributed by atoms with Gasteiger partial charge in [0.1, 0.15) is 0 Å². The van der Waals surface area contributed by atoms with E-state index in [1.54, 1.807) is 12.4 Å². The van der Waals surface area contributed by atoms with Crippen LogP contribution in [0, 0.1) is 6.92 Å². The van der Waals surface area contributed by atoms with Crippen molar-refractivity contribution in [3.8, 4) is 0 Å². The zero-order chi connectivity index (χ0) is 10.7. The van der Waals surface area contributed by atoms with Gasteiger partial charge >= 0.3 is 0 Å². The van der Waals surface area contributed by atoms with Crippen LogP contribution in [0.25, 0.3) is 0 Å². The highest BCUT2D eigenvalue weighted by atomic mass is 15.2. The smallest absolute Gasteiger partial charge is 0.0784 e. The minimum Gasteiger partial charge on any atom is -0.296 e. The first-order valence-corrected chi connectivity index (χ1v) is 5.03. The fourth-order valence-corrected chi connectivity index (χ4v) is 1.47. The lowest BCUT2D eigenvalue weighted by molar-refractivity contribution is 0.205. The van der Waals surface area contributed by atoms with Gasteiger partial charge < -0.3 is 0 Å². The van der Waals surface area contributed by atoms with Crippen LogP contribution in [-0.2, 0) is 0 Å². The molecule has 0 aliphatic heterocycles. The van der Waals surface area contributed by atoms with E-state index in [4.69, 9.17) is 0 Å². The van der Waals surface area contributed by atoms with Gasteiger partial charge in [-0.2, -0.15) is 0 Å². The molecule has 1 atom stereocenters. The van der Waals surface area contributed by atoms with E-state index in [-0.39, 0.29) is 0 Å². The Labute approximate surface area is 86.2 Å². The van der Waals surface area contributed by atoms with Crippen LogP contribution < -0.4 is 0 Å². The molecule has 1 heterocycles. The van der Waals surface area contributed by atoms with Gasteiger partial charge in [0, 0.05) is 18.4 Å². The van der Waals surface area contributed by atoms with Crippen molar-refractivity contribution in [1.29, 1.82) is 0 Å². The Balaban J connectivity index is 2.89. The van der Waals surface area contributed by atoms with E-state index in [9.17, 15) is 0 Å². The Morgan fingerprint density at radius 3 is 2.21 bits per heavy atom. The van der Waals surface area contributed by atoms with Crippen LogP contribution in [-0.4, -0.2) is 28.0 Å². The Morgan fingerprint density at radius 1 is 1.14 bits per heavy atom. The van der Waals surface area contributed by atoms with Crippen LogP contribution in [0.15, 0.2) is 12.4 Å². The van der Waals surface area contributed by atoms with Gasteiger partial charge in [-0.3, -0.25) is 14.9 Å². The molecule has 0 aromatic carbocycles. The average Bonchev–Trinajstić information content (AvgIpc) is 2.16. The van der Waals surface area contributed by atoms with Crippen LogP contribution in [0.3, 0.4) is 0 Å². The van der Waals surface area contributed by atoms with Gasteiger partial charge in [0.25, 0.3) is 0 Å². The minimum absolute atomic E-state index is 0.323. The third kappa shape index (κ3) is 2.29. The lowest BCUT2D eigenvalue weighted by atomic mass is 10.1. The molecule has 3 nitrogen and oxygen atoms in total. The van der Waals surface area contributed by atoms with Crippen molar-refractivity contribution in [1.82, 2.24) is 14.9 Å². The quantitative estimate of drug-likeness (QED) is 0.736. The highest BCUT2D eigenvalue weighted by Gasteiger charge is 2.17. The number of aryl methyl sites for hydroxylation is 1. The second-order valence-corrected chi connectivity index (χ2v) is 3.96. The molecular weight excluding hydrogens is 174 g/mol. The Morgan fingerprint density at radius 2 is 1.71 bits per heavy atom. The first-order chi connectivity index (χ1) is 6.54. The Bertz CT molecular complexity index is 296. The van der Waals surface area contributed by atoms with Crippen molar-refractivity contribution in [2.24, 2.45) is 0 Å². The first kappa shape index (κ1) is 11.1. The van der Waals surface area contributed by atoms with Gasteiger partial charge in [0.2, 0.25) is 0 Å². The molecule has 0 N–H and O–H groups in total. The summed E-state index contributed by atoms with van der Waals surface area (Å²) in [7, 11) is 2.11. The molecule has 0 radical (unpaired) electrons. The second kappa shape index (κ2) is 4.51. The summed E-state index contributed by atoms with van der Waals surface area (Å²) in [6.07, 6.45) is 3.49. The van der Waals surface area contributed by atoms with Crippen LogP contribution in [0.4, 0.5) is 0 Å². The van der Waals surface area contributed by atoms with Gasteiger partial charge in [0.15, 0.2) is 0 Å². The summed E-state index contributed by atoms with van der Waals surface area (Å²) >= 11 is 0. The summed E-state index contributed by atoms with van der Waals surface area (Å²) < 4.78 is 0. The van der Waals surface area contributed by atoms with E-state index in [0.29, 0.717) is 12.1 Å². The summed E-state index contributed by atoms with van der Waals surface area (Å²) in [5.41, 5.74) is 2.09. The maximum Gasteiger partial charge on any atom is 0.0784 e. The number of nitrogens with zero attached hydrogens (tertiary/aromatic N) is 3. The van der Waals surface area contributed by atoms with E-state index >= 15 is 0 Å². The fourth-order valence-electron chi connectivity index (χ4n) is 1.47. The zero-order valence-corrected chi connectivity index (χ0v) is 9.65. The predicted molar refractivity (Wildman–Crippen MR) is 58.1 cm³/mol. The first-order valence-electron chi connectivity index (χ1n) is 5.03. The van der Waals surface area contributed by atoms with Gasteiger partial charge in [-0.1, -0.05) is 0 Å². The molecule has 78 valence electrons.